The lowest BCUT2D eigenvalue weighted by atomic mass is 9.97. The third-order valence-corrected chi connectivity index (χ3v) is 4.31. The lowest BCUT2D eigenvalue weighted by molar-refractivity contribution is 0.0643. The van der Waals surface area contributed by atoms with E-state index in [4.69, 9.17) is 9.47 Å². The summed E-state index contributed by atoms with van der Waals surface area (Å²) >= 11 is 0. The number of nitrogens with zero attached hydrogens (tertiary/aromatic N) is 2. The first-order chi connectivity index (χ1) is 9.79. The van der Waals surface area contributed by atoms with Gasteiger partial charge in [0.15, 0.2) is 5.96 Å². The Morgan fingerprint density at radius 3 is 2.50 bits per heavy atom. The molecule has 0 spiro atoms. The molecule has 0 radical (unpaired) electrons. The van der Waals surface area contributed by atoms with Crippen molar-refractivity contribution >= 4 is 5.96 Å². The Morgan fingerprint density at radius 2 is 1.85 bits per heavy atom. The predicted octanol–water partition coefficient (Wildman–Crippen LogP) is 1.35. The van der Waals surface area contributed by atoms with Gasteiger partial charge in [-0.2, -0.15) is 0 Å². The maximum atomic E-state index is 5.43. The van der Waals surface area contributed by atoms with E-state index in [9.17, 15) is 0 Å². The van der Waals surface area contributed by atoms with Crippen molar-refractivity contribution in [2.45, 2.75) is 25.7 Å². The van der Waals surface area contributed by atoms with Crippen LogP contribution in [0, 0.1) is 11.8 Å². The van der Waals surface area contributed by atoms with Crippen LogP contribution in [0.2, 0.25) is 0 Å². The average Bonchev–Trinajstić information content (AvgIpc) is 2.97. The van der Waals surface area contributed by atoms with E-state index in [2.05, 4.69) is 22.3 Å². The summed E-state index contributed by atoms with van der Waals surface area (Å²) in [7, 11) is 3.97. The minimum absolute atomic E-state index is 0.647. The molecule has 0 aliphatic carbocycles. The van der Waals surface area contributed by atoms with Crippen molar-refractivity contribution < 1.29 is 9.47 Å². The molecule has 0 bridgehead atoms. The van der Waals surface area contributed by atoms with E-state index < -0.39 is 0 Å². The third-order valence-electron chi connectivity index (χ3n) is 4.31. The summed E-state index contributed by atoms with van der Waals surface area (Å²) in [5.74, 6) is 2.46. The molecule has 1 N–H and O–H groups in total. The lowest BCUT2D eigenvalue weighted by Crippen LogP contribution is -2.42. The molecule has 2 fully saturated rings. The minimum atomic E-state index is 0.647. The first kappa shape index (κ1) is 15.6. The Bertz CT molecular complexity index is 297. The van der Waals surface area contributed by atoms with E-state index in [1.807, 2.05) is 7.05 Å². The lowest BCUT2D eigenvalue weighted by Gasteiger charge is -2.26. The summed E-state index contributed by atoms with van der Waals surface area (Å²) in [5.41, 5.74) is 0. The van der Waals surface area contributed by atoms with Crippen LogP contribution in [0.5, 0.6) is 0 Å². The van der Waals surface area contributed by atoms with Crippen LogP contribution >= 0.6 is 0 Å². The van der Waals surface area contributed by atoms with Gasteiger partial charge in [0, 0.05) is 52.9 Å². The summed E-state index contributed by atoms with van der Waals surface area (Å²) in [6.45, 7) is 5.69. The number of nitrogens with one attached hydrogen (secondary N) is 1. The first-order valence-corrected chi connectivity index (χ1v) is 7.87. The summed E-state index contributed by atoms with van der Waals surface area (Å²) in [6.07, 6.45) is 4.79. The number of aliphatic imine (C=N–C) groups is 1. The zero-order valence-electron chi connectivity index (χ0n) is 12.9. The average molecular weight is 283 g/mol. The molecule has 2 heterocycles. The third kappa shape index (κ3) is 4.94. The van der Waals surface area contributed by atoms with E-state index in [0.29, 0.717) is 5.92 Å². The maximum absolute atomic E-state index is 5.43. The van der Waals surface area contributed by atoms with Crippen LogP contribution < -0.4 is 5.32 Å². The Morgan fingerprint density at radius 1 is 1.15 bits per heavy atom. The summed E-state index contributed by atoms with van der Waals surface area (Å²) in [5, 5.41) is 3.48. The molecule has 0 saturated carbocycles. The van der Waals surface area contributed by atoms with E-state index in [1.54, 1.807) is 0 Å². The molecule has 5 nitrogen and oxygen atoms in total. The van der Waals surface area contributed by atoms with Crippen molar-refractivity contribution in [2.24, 2.45) is 16.8 Å². The van der Waals surface area contributed by atoms with Crippen LogP contribution in [0.25, 0.3) is 0 Å². The van der Waals surface area contributed by atoms with Gasteiger partial charge in [0.1, 0.15) is 0 Å². The van der Waals surface area contributed by atoms with Gasteiger partial charge in [0.2, 0.25) is 0 Å². The van der Waals surface area contributed by atoms with E-state index in [-0.39, 0.29) is 0 Å². The van der Waals surface area contributed by atoms with Crippen molar-refractivity contribution in [3.63, 3.8) is 0 Å². The minimum Gasteiger partial charge on any atom is -0.381 e. The molecule has 116 valence electrons. The molecule has 2 saturated heterocycles. The van der Waals surface area contributed by atoms with Crippen LogP contribution in [0.3, 0.4) is 0 Å². The van der Waals surface area contributed by atoms with Crippen molar-refractivity contribution in [3.8, 4) is 0 Å². The zero-order valence-corrected chi connectivity index (χ0v) is 12.9. The largest absolute Gasteiger partial charge is 0.381 e. The van der Waals surface area contributed by atoms with Gasteiger partial charge in [-0.15, -0.1) is 0 Å². The fraction of sp³-hybridized carbons (Fsp3) is 0.933. The topological polar surface area (TPSA) is 46.1 Å². The van der Waals surface area contributed by atoms with Gasteiger partial charge in [0.05, 0.1) is 6.61 Å². The highest BCUT2D eigenvalue weighted by Crippen LogP contribution is 2.17. The van der Waals surface area contributed by atoms with Gasteiger partial charge in [-0.1, -0.05) is 0 Å². The smallest absolute Gasteiger partial charge is 0.193 e. The van der Waals surface area contributed by atoms with Crippen LogP contribution in [-0.4, -0.2) is 64.5 Å². The molecule has 2 aliphatic rings. The Kier molecular flexibility index (Phi) is 6.60. The molecule has 2 rings (SSSR count). The quantitative estimate of drug-likeness (QED) is 0.611. The zero-order chi connectivity index (χ0) is 14.2. The summed E-state index contributed by atoms with van der Waals surface area (Å²) in [4.78, 5) is 6.60. The predicted molar refractivity (Wildman–Crippen MR) is 81.1 cm³/mol. The van der Waals surface area contributed by atoms with Crippen LogP contribution in [0.4, 0.5) is 0 Å². The van der Waals surface area contributed by atoms with E-state index >= 15 is 0 Å². The van der Waals surface area contributed by atoms with Crippen LogP contribution in [0.1, 0.15) is 25.7 Å². The van der Waals surface area contributed by atoms with E-state index in [0.717, 1.165) is 51.4 Å². The summed E-state index contributed by atoms with van der Waals surface area (Å²) in [6, 6.07) is 0. The van der Waals surface area contributed by atoms with Crippen molar-refractivity contribution in [1.29, 1.82) is 0 Å². The normalized spacial score (nSPS) is 24.9. The molecule has 0 aromatic heterocycles. The molecule has 20 heavy (non-hydrogen) atoms. The molecular weight excluding hydrogens is 254 g/mol. The Labute approximate surface area is 122 Å². The maximum Gasteiger partial charge on any atom is 0.193 e. The van der Waals surface area contributed by atoms with Crippen molar-refractivity contribution in [3.05, 3.63) is 0 Å². The monoisotopic (exact) mass is 283 g/mol. The molecule has 0 amide bonds. The number of rotatable bonds is 5. The highest BCUT2D eigenvalue weighted by molar-refractivity contribution is 5.79. The molecule has 2 aliphatic heterocycles. The standard InChI is InChI=1S/C15H29N3O2/c1-16-15(18(2)11-14-6-10-20-12-14)17-7-3-13-4-8-19-9-5-13/h13-14H,3-12H2,1-2H3,(H,16,17). The second-order valence-electron chi connectivity index (χ2n) is 5.93. The fourth-order valence-corrected chi connectivity index (χ4v) is 3.01. The number of guanidine groups is 1. The molecule has 1 unspecified atom stereocenters. The van der Waals surface area contributed by atoms with Crippen molar-refractivity contribution in [2.75, 3.05) is 53.6 Å². The van der Waals surface area contributed by atoms with Crippen molar-refractivity contribution in [1.82, 2.24) is 10.2 Å². The van der Waals surface area contributed by atoms with Crippen LogP contribution in [-0.2, 0) is 9.47 Å². The second-order valence-corrected chi connectivity index (χ2v) is 5.93. The highest BCUT2D eigenvalue weighted by Gasteiger charge is 2.19. The van der Waals surface area contributed by atoms with Gasteiger partial charge >= 0.3 is 0 Å². The fourth-order valence-electron chi connectivity index (χ4n) is 3.01. The first-order valence-electron chi connectivity index (χ1n) is 7.87. The van der Waals surface area contributed by atoms with Gasteiger partial charge < -0.3 is 19.7 Å². The van der Waals surface area contributed by atoms with E-state index in [1.165, 1.54) is 25.7 Å². The van der Waals surface area contributed by atoms with Gasteiger partial charge in [-0.25, -0.2) is 0 Å². The molecule has 5 heteroatoms. The second kappa shape index (κ2) is 8.47. The van der Waals surface area contributed by atoms with Crippen LogP contribution in [0.15, 0.2) is 4.99 Å². The Hall–Kier alpha value is -0.810. The molecular formula is C15H29N3O2. The highest BCUT2D eigenvalue weighted by atomic mass is 16.5. The summed E-state index contributed by atoms with van der Waals surface area (Å²) < 4.78 is 10.8. The van der Waals surface area contributed by atoms with Gasteiger partial charge in [-0.3, -0.25) is 4.99 Å². The number of hydrogen-bond acceptors (Lipinski definition) is 3. The van der Waals surface area contributed by atoms with Gasteiger partial charge in [-0.05, 0) is 31.6 Å². The molecule has 0 aromatic carbocycles. The van der Waals surface area contributed by atoms with Gasteiger partial charge in [0.25, 0.3) is 0 Å². The molecule has 0 aromatic rings. The number of ether oxygens (including phenoxy) is 2. The molecule has 1 atom stereocenters. The Balaban J connectivity index is 1.65. The number of hydrogen-bond donors (Lipinski definition) is 1. The SMILES string of the molecule is CN=C(NCCC1CCOCC1)N(C)CC1CCOC1.